The molecule has 0 amide bonds. The fourth-order valence-electron chi connectivity index (χ4n) is 5.52. The van der Waals surface area contributed by atoms with Crippen LogP contribution in [0.1, 0.15) is 76.0 Å². The van der Waals surface area contributed by atoms with Crippen molar-refractivity contribution in [3.05, 3.63) is 59.2 Å². The fourth-order valence-corrected chi connectivity index (χ4v) is 5.52. The van der Waals surface area contributed by atoms with E-state index in [9.17, 15) is 5.11 Å². The predicted octanol–water partition coefficient (Wildman–Crippen LogP) is 7.46. The van der Waals surface area contributed by atoms with Gasteiger partial charge >= 0.3 is 0 Å². The van der Waals surface area contributed by atoms with E-state index in [1.807, 2.05) is 0 Å². The average molecular weight is 385 g/mol. The van der Waals surface area contributed by atoms with Gasteiger partial charge in [0.25, 0.3) is 0 Å². The molecule has 1 fully saturated rings. The number of hydrogen-bond donors (Lipinski definition) is 1. The first kappa shape index (κ1) is 18.9. The normalized spacial score (nSPS) is 20.9. The number of aryl methyl sites for hydroxylation is 1. The molecule has 0 spiro atoms. The summed E-state index contributed by atoms with van der Waals surface area (Å²) in [6.07, 6.45) is 5.22. The highest BCUT2D eigenvalue weighted by molar-refractivity contribution is 6.24. The Labute approximate surface area is 174 Å². The lowest BCUT2D eigenvalue weighted by atomic mass is 9.77. The Morgan fingerprint density at radius 1 is 0.862 bits per heavy atom. The van der Waals surface area contributed by atoms with E-state index in [1.165, 1.54) is 55.4 Å². The molecular weight excluding hydrogens is 352 g/mol. The summed E-state index contributed by atoms with van der Waals surface area (Å²) in [5.74, 6) is 0.267. The molecule has 0 radical (unpaired) electrons. The molecule has 1 nitrogen and oxygen atoms in total. The van der Waals surface area contributed by atoms with Gasteiger partial charge in [0.2, 0.25) is 0 Å². The number of aliphatic hydroxyl groups excluding tert-OH is 1. The van der Waals surface area contributed by atoms with Crippen molar-refractivity contribution >= 4 is 32.3 Å². The van der Waals surface area contributed by atoms with Crippen molar-refractivity contribution in [1.82, 2.24) is 0 Å². The summed E-state index contributed by atoms with van der Waals surface area (Å²) in [4.78, 5) is 0. The molecule has 2 unspecified atom stereocenters. The summed E-state index contributed by atoms with van der Waals surface area (Å²) in [6.45, 7) is 9.12. The zero-order valence-electron chi connectivity index (χ0n) is 18.2. The second-order valence-electron chi connectivity index (χ2n) is 10.1. The molecule has 1 N–H and O–H groups in total. The van der Waals surface area contributed by atoms with Crippen molar-refractivity contribution in [2.24, 2.45) is 0 Å². The molecule has 1 aliphatic rings. The lowest BCUT2D eigenvalue weighted by Gasteiger charge is -2.30. The van der Waals surface area contributed by atoms with Gasteiger partial charge in [-0.3, -0.25) is 0 Å². The molecule has 4 aromatic rings. The van der Waals surface area contributed by atoms with Crippen LogP contribution in [0.25, 0.3) is 32.3 Å². The van der Waals surface area contributed by atoms with E-state index in [1.54, 1.807) is 0 Å². The maximum atomic E-state index is 10.8. The van der Waals surface area contributed by atoms with Crippen LogP contribution in [0.3, 0.4) is 0 Å². The first-order valence-corrected chi connectivity index (χ1v) is 11.3. The summed E-state index contributed by atoms with van der Waals surface area (Å²) in [5, 5.41) is 19.0. The molecule has 2 atom stereocenters. The van der Waals surface area contributed by atoms with E-state index in [0.29, 0.717) is 0 Å². The van der Waals surface area contributed by atoms with Gasteiger partial charge in [0.05, 0.1) is 6.10 Å². The van der Waals surface area contributed by atoms with Crippen molar-refractivity contribution in [2.75, 3.05) is 0 Å². The van der Waals surface area contributed by atoms with Gasteiger partial charge < -0.3 is 5.11 Å². The minimum atomic E-state index is -0.209. The second kappa shape index (κ2) is 6.71. The van der Waals surface area contributed by atoms with E-state index in [4.69, 9.17) is 0 Å². The Morgan fingerprint density at radius 3 is 2.14 bits per heavy atom. The average Bonchev–Trinajstić information content (AvgIpc) is 2.71. The Kier molecular flexibility index (Phi) is 4.37. The third-order valence-corrected chi connectivity index (χ3v) is 7.21. The number of hydrogen-bond acceptors (Lipinski definition) is 1. The van der Waals surface area contributed by atoms with Gasteiger partial charge in [0.1, 0.15) is 0 Å². The fraction of sp³-hybridized carbons (Fsp3) is 0.429. The van der Waals surface area contributed by atoms with Gasteiger partial charge in [-0.05, 0) is 73.7 Å². The van der Waals surface area contributed by atoms with Crippen LogP contribution >= 0.6 is 0 Å². The van der Waals surface area contributed by atoms with Gasteiger partial charge in [0.15, 0.2) is 0 Å². The van der Waals surface area contributed by atoms with Gasteiger partial charge in [-0.1, -0.05) is 83.0 Å². The van der Waals surface area contributed by atoms with Crippen LogP contribution < -0.4 is 0 Å². The third-order valence-electron chi connectivity index (χ3n) is 7.21. The smallest absolute Gasteiger partial charge is 0.0608 e. The molecule has 150 valence electrons. The minimum Gasteiger partial charge on any atom is -0.392 e. The Hall–Kier alpha value is -2.12. The highest BCUT2D eigenvalue weighted by Gasteiger charge is 2.28. The van der Waals surface area contributed by atoms with Gasteiger partial charge in [-0.2, -0.15) is 0 Å². The molecule has 1 heteroatoms. The summed E-state index contributed by atoms with van der Waals surface area (Å²) in [5.41, 5.74) is 4.31. The quantitative estimate of drug-likeness (QED) is 0.356. The van der Waals surface area contributed by atoms with Crippen LogP contribution in [0.2, 0.25) is 0 Å². The van der Waals surface area contributed by atoms with Crippen LogP contribution in [0.4, 0.5) is 0 Å². The SMILES string of the molecule is CCc1cc(C2CCCCC2O)c2ccc3cc(C(C)(C)C)cc4ccc1c2c43. The number of rotatable bonds is 2. The molecule has 4 aromatic carbocycles. The Morgan fingerprint density at radius 2 is 1.52 bits per heavy atom. The van der Waals surface area contributed by atoms with E-state index in [2.05, 4.69) is 70.2 Å². The van der Waals surface area contributed by atoms with Crippen LogP contribution in [0, 0.1) is 0 Å². The summed E-state index contributed by atoms with van der Waals surface area (Å²) in [6, 6.07) is 16.5. The van der Waals surface area contributed by atoms with Crippen LogP contribution in [-0.2, 0) is 11.8 Å². The Bertz CT molecular complexity index is 1180. The molecule has 0 aromatic heterocycles. The number of aliphatic hydroxyl groups is 1. The molecule has 1 saturated carbocycles. The summed E-state index contributed by atoms with van der Waals surface area (Å²) >= 11 is 0. The van der Waals surface area contributed by atoms with Crippen LogP contribution in [0.15, 0.2) is 42.5 Å². The van der Waals surface area contributed by atoms with Gasteiger partial charge in [-0.15, -0.1) is 0 Å². The van der Waals surface area contributed by atoms with Crippen molar-refractivity contribution in [3.8, 4) is 0 Å². The first-order chi connectivity index (χ1) is 13.9. The van der Waals surface area contributed by atoms with E-state index in [0.717, 1.165) is 25.7 Å². The van der Waals surface area contributed by atoms with Crippen LogP contribution in [0.5, 0.6) is 0 Å². The van der Waals surface area contributed by atoms with Crippen molar-refractivity contribution in [3.63, 3.8) is 0 Å². The predicted molar refractivity (Wildman–Crippen MR) is 125 cm³/mol. The monoisotopic (exact) mass is 384 g/mol. The highest BCUT2D eigenvalue weighted by atomic mass is 16.3. The topological polar surface area (TPSA) is 20.2 Å². The van der Waals surface area contributed by atoms with Crippen molar-refractivity contribution in [1.29, 1.82) is 0 Å². The van der Waals surface area contributed by atoms with E-state index >= 15 is 0 Å². The maximum absolute atomic E-state index is 10.8. The first-order valence-electron chi connectivity index (χ1n) is 11.3. The van der Waals surface area contributed by atoms with Crippen LogP contribution in [-0.4, -0.2) is 11.2 Å². The lowest BCUT2D eigenvalue weighted by Crippen LogP contribution is -2.23. The van der Waals surface area contributed by atoms with E-state index in [-0.39, 0.29) is 17.4 Å². The zero-order valence-corrected chi connectivity index (χ0v) is 18.2. The molecule has 1 aliphatic carbocycles. The minimum absolute atomic E-state index is 0.135. The maximum Gasteiger partial charge on any atom is 0.0608 e. The van der Waals surface area contributed by atoms with Crippen molar-refractivity contribution < 1.29 is 5.11 Å². The molecule has 0 aliphatic heterocycles. The molecule has 0 bridgehead atoms. The zero-order chi connectivity index (χ0) is 20.3. The Balaban J connectivity index is 1.88. The van der Waals surface area contributed by atoms with Crippen molar-refractivity contribution in [2.45, 2.75) is 77.2 Å². The standard InChI is InChI=1S/C28H32O/c1-5-17-16-24(22-8-6-7-9-25(22)29)23-13-11-19-15-20(28(2,3)4)14-18-10-12-21(17)27(23)26(18)19/h10-16,22,25,29H,5-9H2,1-4H3. The lowest BCUT2D eigenvalue weighted by molar-refractivity contribution is 0.107. The number of benzene rings is 4. The molecule has 0 heterocycles. The highest BCUT2D eigenvalue weighted by Crippen LogP contribution is 2.44. The molecule has 29 heavy (non-hydrogen) atoms. The molecular formula is C28H32O. The summed E-state index contributed by atoms with van der Waals surface area (Å²) < 4.78 is 0. The largest absolute Gasteiger partial charge is 0.392 e. The van der Waals surface area contributed by atoms with Gasteiger partial charge in [0, 0.05) is 5.92 Å². The molecule has 0 saturated heterocycles. The van der Waals surface area contributed by atoms with Gasteiger partial charge in [-0.25, -0.2) is 0 Å². The van der Waals surface area contributed by atoms with E-state index < -0.39 is 0 Å². The third kappa shape index (κ3) is 2.94. The summed E-state index contributed by atoms with van der Waals surface area (Å²) in [7, 11) is 0. The molecule has 5 rings (SSSR count). The second-order valence-corrected chi connectivity index (χ2v) is 10.1.